The largest absolute Gasteiger partial charge is 0.493 e. The van der Waals surface area contributed by atoms with Crippen molar-refractivity contribution < 1.29 is 18.7 Å². The Balaban J connectivity index is 1.53. The summed E-state index contributed by atoms with van der Waals surface area (Å²) in [4.78, 5) is 15.3. The number of hydrogen-bond acceptors (Lipinski definition) is 4. The van der Waals surface area contributed by atoms with Gasteiger partial charge in [0.15, 0.2) is 11.5 Å². The predicted octanol–water partition coefficient (Wildman–Crippen LogP) is 5.33. The maximum Gasteiger partial charge on any atom is 0.273 e. The van der Waals surface area contributed by atoms with E-state index >= 15 is 0 Å². The smallest absolute Gasteiger partial charge is 0.273 e. The second-order valence-corrected chi connectivity index (χ2v) is 8.62. The maximum atomic E-state index is 14.3. The molecule has 1 N–H and O–H groups in total. The van der Waals surface area contributed by atoms with Crippen molar-refractivity contribution in [3.63, 3.8) is 0 Å². The Hall–Kier alpha value is -4.13. The van der Waals surface area contributed by atoms with Crippen molar-refractivity contribution in [1.82, 2.24) is 15.1 Å². The lowest BCUT2D eigenvalue weighted by molar-refractivity contribution is 0.0745. The number of aryl methyl sites for hydroxylation is 1. The Bertz CT molecular complexity index is 1380. The molecule has 1 aromatic heterocycles. The molecule has 35 heavy (non-hydrogen) atoms. The molecule has 0 aliphatic carbocycles. The van der Waals surface area contributed by atoms with Gasteiger partial charge in [-0.3, -0.25) is 9.89 Å². The van der Waals surface area contributed by atoms with Crippen molar-refractivity contribution in [3.8, 4) is 22.8 Å². The molecule has 2 heterocycles. The zero-order chi connectivity index (χ0) is 24.5. The van der Waals surface area contributed by atoms with E-state index in [1.807, 2.05) is 55.5 Å². The number of ether oxygens (including phenoxy) is 2. The van der Waals surface area contributed by atoms with Crippen molar-refractivity contribution in [2.75, 3.05) is 20.8 Å². The van der Waals surface area contributed by atoms with Crippen LogP contribution in [0.5, 0.6) is 11.5 Å². The average Bonchev–Trinajstić information content (AvgIpc) is 3.41. The van der Waals surface area contributed by atoms with E-state index in [9.17, 15) is 9.18 Å². The number of aromatic amines is 1. The molecule has 1 atom stereocenters. The van der Waals surface area contributed by atoms with Crippen LogP contribution in [0, 0.1) is 12.7 Å². The molecule has 5 rings (SSSR count). The van der Waals surface area contributed by atoms with Gasteiger partial charge in [-0.05, 0) is 48.7 Å². The lowest BCUT2D eigenvalue weighted by Gasteiger charge is -2.26. The van der Waals surface area contributed by atoms with Crippen molar-refractivity contribution in [1.29, 1.82) is 0 Å². The number of aromatic nitrogens is 2. The maximum absolute atomic E-state index is 14.3. The highest BCUT2D eigenvalue weighted by Gasteiger charge is 2.42. The Kier molecular flexibility index (Phi) is 5.99. The topological polar surface area (TPSA) is 67.5 Å². The number of carbonyl (C=O) groups is 1. The van der Waals surface area contributed by atoms with Crippen LogP contribution < -0.4 is 9.47 Å². The van der Waals surface area contributed by atoms with E-state index in [0.717, 1.165) is 22.3 Å². The minimum Gasteiger partial charge on any atom is -0.493 e. The molecule has 1 aliphatic rings. The summed E-state index contributed by atoms with van der Waals surface area (Å²) in [5.74, 6) is 0.787. The van der Waals surface area contributed by atoms with Gasteiger partial charge in [-0.1, -0.05) is 48.0 Å². The zero-order valence-corrected chi connectivity index (χ0v) is 19.8. The lowest BCUT2D eigenvalue weighted by Crippen LogP contribution is -2.31. The third-order valence-corrected chi connectivity index (χ3v) is 6.44. The molecule has 178 valence electrons. The number of amides is 1. The molecule has 0 spiro atoms. The van der Waals surface area contributed by atoms with E-state index in [0.29, 0.717) is 41.4 Å². The third kappa shape index (κ3) is 4.14. The number of methoxy groups -OCH3 is 2. The second-order valence-electron chi connectivity index (χ2n) is 8.62. The SMILES string of the molecule is COc1ccc(CCN2C(=O)c3[nH]nc(-c4ccc(C)cc4)c3C2c2cccc(F)c2)cc1OC. The first kappa shape index (κ1) is 22.7. The molecule has 3 aromatic carbocycles. The van der Waals surface area contributed by atoms with Crippen LogP contribution in [-0.2, 0) is 6.42 Å². The Labute approximate surface area is 203 Å². The number of H-pyrrole nitrogens is 1. The molecular weight excluding hydrogens is 445 g/mol. The van der Waals surface area contributed by atoms with Crippen LogP contribution in [0.4, 0.5) is 4.39 Å². The molecule has 0 radical (unpaired) electrons. The van der Waals surface area contributed by atoms with Gasteiger partial charge in [0.2, 0.25) is 0 Å². The predicted molar refractivity (Wildman–Crippen MR) is 131 cm³/mol. The van der Waals surface area contributed by atoms with Crippen molar-refractivity contribution in [3.05, 3.63) is 100 Å². The molecule has 6 nitrogen and oxygen atoms in total. The van der Waals surface area contributed by atoms with E-state index in [2.05, 4.69) is 10.2 Å². The fourth-order valence-electron chi connectivity index (χ4n) is 4.67. The highest BCUT2D eigenvalue weighted by atomic mass is 19.1. The van der Waals surface area contributed by atoms with Crippen molar-refractivity contribution >= 4 is 5.91 Å². The van der Waals surface area contributed by atoms with Gasteiger partial charge in [-0.25, -0.2) is 4.39 Å². The van der Waals surface area contributed by atoms with E-state index in [1.54, 1.807) is 25.2 Å². The van der Waals surface area contributed by atoms with Gasteiger partial charge in [-0.15, -0.1) is 0 Å². The van der Waals surface area contributed by atoms with Gasteiger partial charge < -0.3 is 14.4 Å². The summed E-state index contributed by atoms with van der Waals surface area (Å²) < 4.78 is 25.0. The van der Waals surface area contributed by atoms with Crippen LogP contribution in [0.25, 0.3) is 11.3 Å². The fourth-order valence-corrected chi connectivity index (χ4v) is 4.67. The quantitative estimate of drug-likeness (QED) is 0.396. The fraction of sp³-hybridized carbons (Fsp3) is 0.214. The second kappa shape index (κ2) is 9.25. The summed E-state index contributed by atoms with van der Waals surface area (Å²) >= 11 is 0. The van der Waals surface area contributed by atoms with Crippen LogP contribution in [0.2, 0.25) is 0 Å². The Morgan fingerprint density at radius 1 is 1.00 bits per heavy atom. The summed E-state index contributed by atoms with van der Waals surface area (Å²) in [6, 6.07) is 19.7. The summed E-state index contributed by atoms with van der Waals surface area (Å²) in [5.41, 5.74) is 5.68. The monoisotopic (exact) mass is 471 g/mol. The molecule has 7 heteroatoms. The highest BCUT2D eigenvalue weighted by molar-refractivity contribution is 6.00. The molecule has 0 saturated heterocycles. The molecule has 0 bridgehead atoms. The van der Waals surface area contributed by atoms with Crippen LogP contribution in [0.3, 0.4) is 0 Å². The molecule has 4 aromatic rings. The molecule has 1 unspecified atom stereocenters. The lowest BCUT2D eigenvalue weighted by atomic mass is 9.95. The summed E-state index contributed by atoms with van der Waals surface area (Å²) in [6.07, 6.45) is 0.593. The number of hydrogen-bond donors (Lipinski definition) is 1. The first-order valence-electron chi connectivity index (χ1n) is 11.4. The first-order chi connectivity index (χ1) is 17.0. The van der Waals surface area contributed by atoms with E-state index in [1.165, 1.54) is 12.1 Å². The highest BCUT2D eigenvalue weighted by Crippen LogP contribution is 2.43. The van der Waals surface area contributed by atoms with Crippen molar-refractivity contribution in [2.24, 2.45) is 0 Å². The minimum absolute atomic E-state index is 0.152. The van der Waals surface area contributed by atoms with Gasteiger partial charge in [0.1, 0.15) is 11.5 Å². The zero-order valence-electron chi connectivity index (χ0n) is 19.8. The third-order valence-electron chi connectivity index (χ3n) is 6.44. The number of carbonyl (C=O) groups excluding carboxylic acids is 1. The molecule has 1 aliphatic heterocycles. The Morgan fingerprint density at radius 2 is 1.77 bits per heavy atom. The normalized spacial score (nSPS) is 14.8. The van der Waals surface area contributed by atoms with Gasteiger partial charge >= 0.3 is 0 Å². The van der Waals surface area contributed by atoms with Crippen LogP contribution in [0.15, 0.2) is 66.7 Å². The average molecular weight is 472 g/mol. The van der Waals surface area contributed by atoms with Gasteiger partial charge in [0.05, 0.1) is 26.0 Å². The van der Waals surface area contributed by atoms with E-state index in [-0.39, 0.29) is 11.7 Å². The minimum atomic E-state index is -0.455. The number of fused-ring (bicyclic) bond motifs is 1. The number of nitrogens with one attached hydrogen (secondary N) is 1. The number of nitrogens with zero attached hydrogens (tertiary/aromatic N) is 2. The number of halogens is 1. The molecular formula is C28H26FN3O3. The van der Waals surface area contributed by atoms with E-state index in [4.69, 9.17) is 9.47 Å². The Morgan fingerprint density at radius 3 is 2.49 bits per heavy atom. The van der Waals surface area contributed by atoms with Crippen LogP contribution >= 0.6 is 0 Å². The van der Waals surface area contributed by atoms with E-state index < -0.39 is 6.04 Å². The molecule has 1 amide bonds. The van der Waals surface area contributed by atoms with Crippen molar-refractivity contribution in [2.45, 2.75) is 19.4 Å². The van der Waals surface area contributed by atoms with Crippen LogP contribution in [-0.4, -0.2) is 41.8 Å². The molecule has 0 fully saturated rings. The standard InChI is InChI=1S/C28H26FN3O3/c1-17-7-10-19(11-8-17)25-24-26(31-30-25)28(33)32(27(24)20-5-4-6-21(29)16-20)14-13-18-9-12-22(34-2)23(15-18)35-3/h4-12,15-16,27H,13-14H2,1-3H3,(H,30,31). The number of benzene rings is 3. The summed E-state index contributed by atoms with van der Waals surface area (Å²) in [7, 11) is 3.19. The summed E-state index contributed by atoms with van der Waals surface area (Å²) in [6.45, 7) is 2.46. The van der Waals surface area contributed by atoms with Gasteiger partial charge in [0, 0.05) is 17.7 Å². The molecule has 0 saturated carbocycles. The number of rotatable bonds is 7. The van der Waals surface area contributed by atoms with Crippen LogP contribution in [0.1, 0.15) is 38.8 Å². The van der Waals surface area contributed by atoms with Gasteiger partial charge in [-0.2, -0.15) is 5.10 Å². The summed E-state index contributed by atoms with van der Waals surface area (Å²) in [5, 5.41) is 7.44. The first-order valence-corrected chi connectivity index (χ1v) is 11.4. The van der Waals surface area contributed by atoms with Gasteiger partial charge in [0.25, 0.3) is 5.91 Å².